The minimum absolute atomic E-state index is 0.140. The lowest BCUT2D eigenvalue weighted by Crippen LogP contribution is -2.60. The normalized spacial score (nSPS) is 16.9. The van der Waals surface area contributed by atoms with Crippen LogP contribution < -0.4 is 0 Å². The van der Waals surface area contributed by atoms with E-state index in [4.69, 9.17) is 0 Å². The molecule has 0 aliphatic heterocycles. The smallest absolute Gasteiger partial charge is 0.221 e. The van der Waals surface area contributed by atoms with Gasteiger partial charge in [-0.1, -0.05) is 12.1 Å². The van der Waals surface area contributed by atoms with Crippen LogP contribution in [0.3, 0.4) is 0 Å². The van der Waals surface area contributed by atoms with Gasteiger partial charge in [-0.3, -0.25) is 0 Å². The van der Waals surface area contributed by atoms with Crippen LogP contribution in [0.1, 0.15) is 11.1 Å². The lowest BCUT2D eigenvalue weighted by atomic mass is 9.84. The molecule has 0 N–H and O–H groups in total. The largest absolute Gasteiger partial charge is 0.457 e. The van der Waals surface area contributed by atoms with Crippen LogP contribution in [-0.4, -0.2) is 18.3 Å². The fourth-order valence-electron chi connectivity index (χ4n) is 1.73. The van der Waals surface area contributed by atoms with Crippen LogP contribution in [0.5, 0.6) is 0 Å². The summed E-state index contributed by atoms with van der Waals surface area (Å²) in [6.07, 6.45) is -20.0. The Labute approximate surface area is 133 Å². The quantitative estimate of drug-likeness (QED) is 0.480. The minimum atomic E-state index is -7.20. The molecular formula is C11H2BrF12. The van der Waals surface area contributed by atoms with E-state index in [1.165, 1.54) is 0 Å². The molecule has 0 fully saturated rings. The van der Waals surface area contributed by atoms with E-state index in [0.29, 0.717) is 0 Å². The Hall–Kier alpha value is -1.14. The van der Waals surface area contributed by atoms with E-state index in [1.807, 2.05) is 15.9 Å². The van der Waals surface area contributed by atoms with E-state index in [2.05, 4.69) is 0 Å². The molecule has 13 heteroatoms. The third-order valence-corrected chi connectivity index (χ3v) is 3.41. The maximum Gasteiger partial charge on any atom is 0.457 e. The van der Waals surface area contributed by atoms with Crippen LogP contribution in [0.2, 0.25) is 0 Å². The van der Waals surface area contributed by atoms with E-state index in [9.17, 15) is 52.7 Å². The summed E-state index contributed by atoms with van der Waals surface area (Å²) in [4.78, 5) is 0. The van der Waals surface area contributed by atoms with Gasteiger partial charge >= 0.3 is 30.1 Å². The molecule has 0 spiro atoms. The predicted molar refractivity (Wildman–Crippen MR) is 57.8 cm³/mol. The summed E-state index contributed by atoms with van der Waals surface area (Å²) in [6, 6.07) is 1.25. The molecule has 0 saturated heterocycles. The molecule has 0 nitrogen and oxygen atoms in total. The van der Waals surface area contributed by atoms with E-state index in [0.717, 1.165) is 0 Å². The van der Waals surface area contributed by atoms with Gasteiger partial charge in [0.15, 0.2) is 0 Å². The molecule has 24 heavy (non-hydrogen) atoms. The molecule has 1 aromatic carbocycles. The Kier molecular flexibility index (Phi) is 4.96. The molecule has 1 aromatic rings. The molecule has 137 valence electrons. The summed E-state index contributed by atoms with van der Waals surface area (Å²) in [5.74, 6) is -7.20. The molecule has 0 aliphatic carbocycles. The first-order valence-electron chi connectivity index (χ1n) is 5.37. The van der Waals surface area contributed by atoms with Crippen LogP contribution in [0.15, 0.2) is 16.6 Å². The van der Waals surface area contributed by atoms with Gasteiger partial charge in [0, 0.05) is 10.0 Å². The van der Waals surface area contributed by atoms with Crippen molar-refractivity contribution in [3.8, 4) is 0 Å². The first-order chi connectivity index (χ1) is 10.4. The van der Waals surface area contributed by atoms with Gasteiger partial charge in [-0.25, -0.2) is 4.39 Å². The van der Waals surface area contributed by atoms with Crippen molar-refractivity contribution in [3.63, 3.8) is 0 Å². The predicted octanol–water partition coefficient (Wildman–Crippen LogP) is 6.19. The van der Waals surface area contributed by atoms with Gasteiger partial charge < -0.3 is 0 Å². The summed E-state index contributed by atoms with van der Waals surface area (Å²) in [7, 11) is 0. The van der Waals surface area contributed by atoms with Crippen molar-refractivity contribution in [2.75, 3.05) is 0 Å². The molecule has 0 heterocycles. The van der Waals surface area contributed by atoms with Gasteiger partial charge in [0.05, 0.1) is 5.56 Å². The number of hydrogen-bond acceptors (Lipinski definition) is 0. The van der Waals surface area contributed by atoms with Crippen LogP contribution >= 0.6 is 15.9 Å². The summed E-state index contributed by atoms with van der Waals surface area (Å²) in [6.45, 7) is 0. The molecule has 1 atom stereocenters. The maximum absolute atomic E-state index is 14.1. The molecule has 1 rings (SSSR count). The van der Waals surface area contributed by atoms with Crippen molar-refractivity contribution in [1.82, 2.24) is 0 Å². The van der Waals surface area contributed by atoms with E-state index in [-0.39, 0.29) is 6.07 Å². The summed E-state index contributed by atoms with van der Waals surface area (Å²) in [5.41, 5.74) is -12.3. The molecule has 0 amide bonds. The van der Waals surface area contributed by atoms with E-state index in [1.54, 1.807) is 6.07 Å². The Balaban J connectivity index is 3.98. The standard InChI is InChI=1S/C11H2BrF12/c12-5-3-1-2-4(6(5)8(14,15)16)7(13,10(19,20)21)9(17,18)11(22,23)24/h1-2H. The first kappa shape index (κ1) is 20.9. The number of alkyl halides is 12. The highest BCUT2D eigenvalue weighted by Crippen LogP contribution is 2.60. The summed E-state index contributed by atoms with van der Waals surface area (Å²) < 4.78 is 153. The van der Waals surface area contributed by atoms with Crippen molar-refractivity contribution in [2.24, 2.45) is 0 Å². The number of benzene rings is 1. The van der Waals surface area contributed by atoms with Crippen LogP contribution in [0.4, 0.5) is 52.7 Å². The fraction of sp³-hybridized carbons (Fsp3) is 0.455. The topological polar surface area (TPSA) is 0 Å². The molecule has 0 saturated carbocycles. The zero-order valence-electron chi connectivity index (χ0n) is 10.6. The van der Waals surface area contributed by atoms with Crippen molar-refractivity contribution in [2.45, 2.75) is 30.1 Å². The molecule has 0 bridgehead atoms. The average Bonchev–Trinajstić information content (AvgIpc) is 2.32. The van der Waals surface area contributed by atoms with Crippen LogP contribution in [0, 0.1) is 6.07 Å². The third-order valence-electron chi connectivity index (χ3n) is 2.78. The summed E-state index contributed by atoms with van der Waals surface area (Å²) >= 11 is 2.02. The van der Waals surface area contributed by atoms with Crippen LogP contribution in [-0.2, 0) is 11.8 Å². The summed E-state index contributed by atoms with van der Waals surface area (Å²) in [5, 5.41) is 0. The highest BCUT2D eigenvalue weighted by Gasteiger charge is 2.82. The van der Waals surface area contributed by atoms with E-state index >= 15 is 0 Å². The molecule has 1 radical (unpaired) electrons. The highest BCUT2D eigenvalue weighted by atomic mass is 79.9. The number of hydrogen-bond donors (Lipinski definition) is 0. The van der Waals surface area contributed by atoms with Gasteiger partial charge in [0.1, 0.15) is 0 Å². The van der Waals surface area contributed by atoms with Gasteiger partial charge in [-0.2, -0.15) is 48.3 Å². The minimum Gasteiger partial charge on any atom is -0.221 e. The molecular weight excluding hydrogens is 440 g/mol. The van der Waals surface area contributed by atoms with E-state index < -0.39 is 51.8 Å². The zero-order valence-corrected chi connectivity index (χ0v) is 12.2. The fourth-order valence-corrected chi connectivity index (χ4v) is 2.30. The van der Waals surface area contributed by atoms with Crippen LogP contribution in [0.25, 0.3) is 0 Å². The Morgan fingerprint density at radius 2 is 1.21 bits per heavy atom. The second-order valence-electron chi connectivity index (χ2n) is 4.31. The van der Waals surface area contributed by atoms with Gasteiger partial charge in [-0.05, 0) is 22.0 Å². The Morgan fingerprint density at radius 1 is 0.750 bits per heavy atom. The van der Waals surface area contributed by atoms with Gasteiger partial charge in [0.2, 0.25) is 0 Å². The second kappa shape index (κ2) is 5.70. The SMILES string of the molecule is FC(F)(F)c1c(Br)[c]ccc1C(F)(C(F)(F)F)C(F)(F)C(F)(F)F. The monoisotopic (exact) mass is 441 g/mol. The Bertz CT molecular complexity index is 611. The molecule has 0 aromatic heterocycles. The highest BCUT2D eigenvalue weighted by molar-refractivity contribution is 9.10. The van der Waals surface area contributed by atoms with Crippen molar-refractivity contribution in [3.05, 3.63) is 33.8 Å². The van der Waals surface area contributed by atoms with Gasteiger partial charge in [0.25, 0.3) is 0 Å². The number of halogens is 13. The first-order valence-corrected chi connectivity index (χ1v) is 6.16. The van der Waals surface area contributed by atoms with Crippen molar-refractivity contribution >= 4 is 15.9 Å². The maximum atomic E-state index is 14.1. The molecule has 0 aliphatic rings. The van der Waals surface area contributed by atoms with Crippen molar-refractivity contribution < 1.29 is 52.7 Å². The number of rotatable bonds is 2. The lowest BCUT2D eigenvalue weighted by Gasteiger charge is -2.37. The second-order valence-corrected chi connectivity index (χ2v) is 5.10. The van der Waals surface area contributed by atoms with Crippen molar-refractivity contribution in [1.29, 1.82) is 0 Å². The molecule has 1 unspecified atom stereocenters. The average molecular weight is 442 g/mol. The lowest BCUT2D eigenvalue weighted by molar-refractivity contribution is -0.389. The third kappa shape index (κ3) is 3.06. The van der Waals surface area contributed by atoms with Gasteiger partial charge in [-0.15, -0.1) is 0 Å². The zero-order chi connectivity index (χ0) is 19.4. The Morgan fingerprint density at radius 3 is 1.54 bits per heavy atom.